The fourth-order valence-electron chi connectivity index (χ4n) is 1.99. The Morgan fingerprint density at radius 3 is 1.89 bits per heavy atom. The molecule has 0 aliphatic rings. The van der Waals surface area contributed by atoms with E-state index < -0.39 is 0 Å². The maximum Gasteiger partial charge on any atom is 0.0661 e. The normalized spacial score (nSPS) is 12.3. The molecule has 1 unspecified atom stereocenters. The molecule has 18 heavy (non-hydrogen) atoms. The Morgan fingerprint density at radius 1 is 0.889 bits per heavy atom. The molecule has 0 aromatic rings. The molecule has 0 saturated carbocycles. The van der Waals surface area contributed by atoms with E-state index in [1.165, 1.54) is 70.0 Å². The molecule has 0 radical (unpaired) electrons. The molecule has 0 rings (SSSR count). The molecule has 0 aliphatic carbocycles. The molecule has 0 aliphatic heterocycles. The van der Waals surface area contributed by atoms with Crippen molar-refractivity contribution >= 4 is 11.8 Å². The minimum Gasteiger partial charge on any atom is -0.198 e. The second-order valence-electron chi connectivity index (χ2n) is 5.29. The highest BCUT2D eigenvalue weighted by atomic mass is 32.2. The standard InChI is InChI=1S/C16H31NS/c1-3-4-5-6-7-8-9-10-11-12-13-18-15-16(2)14-17/h16H,3-13,15H2,1-2H3. The van der Waals surface area contributed by atoms with Crippen LogP contribution in [0.4, 0.5) is 0 Å². The Labute approximate surface area is 119 Å². The van der Waals surface area contributed by atoms with Gasteiger partial charge in [-0.05, 0) is 19.1 Å². The van der Waals surface area contributed by atoms with E-state index in [4.69, 9.17) is 5.26 Å². The van der Waals surface area contributed by atoms with Crippen LogP contribution < -0.4 is 0 Å². The van der Waals surface area contributed by atoms with E-state index in [-0.39, 0.29) is 5.92 Å². The summed E-state index contributed by atoms with van der Waals surface area (Å²) in [5.74, 6) is 2.47. The molecule has 0 spiro atoms. The van der Waals surface area contributed by atoms with E-state index >= 15 is 0 Å². The van der Waals surface area contributed by atoms with Crippen molar-refractivity contribution in [3.63, 3.8) is 0 Å². The van der Waals surface area contributed by atoms with Gasteiger partial charge >= 0.3 is 0 Å². The quantitative estimate of drug-likeness (QED) is 0.394. The molecule has 0 aromatic carbocycles. The summed E-state index contributed by atoms with van der Waals surface area (Å²) in [6.07, 6.45) is 14.0. The summed E-state index contributed by atoms with van der Waals surface area (Å²) in [4.78, 5) is 0. The lowest BCUT2D eigenvalue weighted by Crippen LogP contribution is -1.94. The van der Waals surface area contributed by atoms with Gasteiger partial charge in [0.25, 0.3) is 0 Å². The van der Waals surface area contributed by atoms with Gasteiger partial charge in [0, 0.05) is 5.75 Å². The zero-order chi connectivity index (χ0) is 13.5. The maximum absolute atomic E-state index is 8.65. The minimum absolute atomic E-state index is 0.220. The van der Waals surface area contributed by atoms with Crippen LogP contribution in [0.15, 0.2) is 0 Å². The Kier molecular flexibility index (Phi) is 14.8. The van der Waals surface area contributed by atoms with Crippen LogP contribution in [0, 0.1) is 17.2 Å². The van der Waals surface area contributed by atoms with Crippen molar-refractivity contribution in [2.24, 2.45) is 5.92 Å². The molecular weight excluding hydrogens is 238 g/mol. The van der Waals surface area contributed by atoms with Gasteiger partial charge in [-0.2, -0.15) is 17.0 Å². The third-order valence-corrected chi connectivity index (χ3v) is 4.54. The van der Waals surface area contributed by atoms with Crippen molar-refractivity contribution in [3.05, 3.63) is 0 Å². The number of thioether (sulfide) groups is 1. The third kappa shape index (κ3) is 13.9. The molecule has 0 saturated heterocycles. The predicted octanol–water partition coefficient (Wildman–Crippen LogP) is 5.80. The van der Waals surface area contributed by atoms with Crippen LogP contribution in [0.3, 0.4) is 0 Å². The van der Waals surface area contributed by atoms with Crippen LogP contribution in [0.1, 0.15) is 78.1 Å². The van der Waals surface area contributed by atoms with E-state index in [1.807, 2.05) is 18.7 Å². The van der Waals surface area contributed by atoms with Crippen molar-refractivity contribution in [1.82, 2.24) is 0 Å². The smallest absolute Gasteiger partial charge is 0.0661 e. The third-order valence-electron chi connectivity index (χ3n) is 3.23. The molecule has 0 aromatic heterocycles. The zero-order valence-corrected chi connectivity index (χ0v) is 13.2. The topological polar surface area (TPSA) is 23.8 Å². The average molecular weight is 269 g/mol. The monoisotopic (exact) mass is 269 g/mol. The van der Waals surface area contributed by atoms with Gasteiger partial charge in [0.2, 0.25) is 0 Å². The first-order valence-corrected chi connectivity index (χ1v) is 8.94. The van der Waals surface area contributed by atoms with E-state index in [2.05, 4.69) is 13.0 Å². The summed E-state index contributed by atoms with van der Waals surface area (Å²) < 4.78 is 0. The van der Waals surface area contributed by atoms with Gasteiger partial charge in [0.15, 0.2) is 0 Å². The minimum atomic E-state index is 0.220. The lowest BCUT2D eigenvalue weighted by Gasteiger charge is -2.03. The van der Waals surface area contributed by atoms with Gasteiger partial charge in [0.05, 0.1) is 12.0 Å². The predicted molar refractivity (Wildman–Crippen MR) is 83.9 cm³/mol. The Bertz CT molecular complexity index is 198. The zero-order valence-electron chi connectivity index (χ0n) is 12.4. The van der Waals surface area contributed by atoms with Crippen molar-refractivity contribution in [2.75, 3.05) is 11.5 Å². The number of nitriles is 1. The molecule has 0 amide bonds. The molecule has 106 valence electrons. The molecular formula is C16H31NS. The summed E-state index contributed by atoms with van der Waals surface area (Å²) in [7, 11) is 0. The molecule has 0 N–H and O–H groups in total. The Morgan fingerprint density at radius 2 is 1.39 bits per heavy atom. The molecule has 0 heterocycles. The first-order chi connectivity index (χ1) is 8.81. The highest BCUT2D eigenvalue weighted by Gasteiger charge is 1.98. The highest BCUT2D eigenvalue weighted by Crippen LogP contribution is 2.13. The SMILES string of the molecule is CCCCCCCCCCCCSCC(C)C#N. The summed E-state index contributed by atoms with van der Waals surface area (Å²) in [5.41, 5.74) is 0. The van der Waals surface area contributed by atoms with E-state index in [0.29, 0.717) is 0 Å². The van der Waals surface area contributed by atoms with Gasteiger partial charge in [-0.3, -0.25) is 0 Å². The molecule has 1 atom stereocenters. The Balaban J connectivity index is 2.97. The fourth-order valence-corrected chi connectivity index (χ4v) is 2.99. The van der Waals surface area contributed by atoms with Crippen LogP contribution in [-0.2, 0) is 0 Å². The van der Waals surface area contributed by atoms with Crippen LogP contribution in [0.2, 0.25) is 0 Å². The second-order valence-corrected chi connectivity index (χ2v) is 6.44. The van der Waals surface area contributed by atoms with E-state index in [0.717, 1.165) is 5.75 Å². The molecule has 1 nitrogen and oxygen atoms in total. The number of hydrogen-bond acceptors (Lipinski definition) is 2. The summed E-state index contributed by atoms with van der Waals surface area (Å²) in [5, 5.41) is 8.65. The fraction of sp³-hybridized carbons (Fsp3) is 0.938. The van der Waals surface area contributed by atoms with E-state index in [9.17, 15) is 0 Å². The number of nitrogens with zero attached hydrogens (tertiary/aromatic N) is 1. The van der Waals surface area contributed by atoms with Crippen molar-refractivity contribution in [3.8, 4) is 6.07 Å². The van der Waals surface area contributed by atoms with Crippen LogP contribution in [0.5, 0.6) is 0 Å². The summed E-state index contributed by atoms with van der Waals surface area (Å²) >= 11 is 1.94. The average Bonchev–Trinajstić information content (AvgIpc) is 2.39. The van der Waals surface area contributed by atoms with Gasteiger partial charge in [-0.1, -0.05) is 64.7 Å². The maximum atomic E-state index is 8.65. The van der Waals surface area contributed by atoms with E-state index in [1.54, 1.807) is 0 Å². The Hall–Kier alpha value is -0.160. The lowest BCUT2D eigenvalue weighted by molar-refractivity contribution is 0.563. The van der Waals surface area contributed by atoms with Crippen molar-refractivity contribution < 1.29 is 0 Å². The number of hydrogen-bond donors (Lipinski definition) is 0. The van der Waals surface area contributed by atoms with Crippen LogP contribution in [0.25, 0.3) is 0 Å². The number of unbranched alkanes of at least 4 members (excludes halogenated alkanes) is 9. The van der Waals surface area contributed by atoms with Gasteiger partial charge < -0.3 is 0 Å². The first kappa shape index (κ1) is 17.8. The second kappa shape index (κ2) is 14.9. The van der Waals surface area contributed by atoms with Crippen LogP contribution in [-0.4, -0.2) is 11.5 Å². The lowest BCUT2D eigenvalue weighted by atomic mass is 10.1. The van der Waals surface area contributed by atoms with Gasteiger partial charge in [-0.25, -0.2) is 0 Å². The molecule has 2 heteroatoms. The first-order valence-electron chi connectivity index (χ1n) is 7.78. The van der Waals surface area contributed by atoms with Gasteiger partial charge in [-0.15, -0.1) is 0 Å². The molecule has 0 fully saturated rings. The van der Waals surface area contributed by atoms with Gasteiger partial charge in [0.1, 0.15) is 0 Å². The summed E-state index contributed by atoms with van der Waals surface area (Å²) in [6, 6.07) is 2.28. The van der Waals surface area contributed by atoms with Crippen molar-refractivity contribution in [2.45, 2.75) is 78.1 Å². The summed E-state index contributed by atoms with van der Waals surface area (Å²) in [6.45, 7) is 4.28. The highest BCUT2D eigenvalue weighted by molar-refractivity contribution is 7.99. The molecule has 0 bridgehead atoms. The number of rotatable bonds is 13. The van der Waals surface area contributed by atoms with Crippen LogP contribution >= 0.6 is 11.8 Å². The largest absolute Gasteiger partial charge is 0.198 e. The van der Waals surface area contributed by atoms with Crippen molar-refractivity contribution in [1.29, 1.82) is 5.26 Å².